The van der Waals surface area contributed by atoms with Crippen LogP contribution in [0.25, 0.3) is 0 Å². The molecule has 1 aliphatic heterocycles. The first-order chi connectivity index (χ1) is 13.6. The number of nitrogens with one attached hydrogen (secondary N) is 1. The van der Waals surface area contributed by atoms with Crippen molar-refractivity contribution in [3.05, 3.63) is 95.6 Å². The SMILES string of the molecule is CCN1C(=O)c2ccccc2NC1(C)c1ccccc1OCc1ccccc1. The molecule has 1 amide bonds. The Morgan fingerprint density at radius 3 is 2.39 bits per heavy atom. The Morgan fingerprint density at radius 1 is 0.929 bits per heavy atom. The van der Waals surface area contributed by atoms with Crippen LogP contribution < -0.4 is 10.1 Å². The van der Waals surface area contributed by atoms with Crippen molar-refractivity contribution in [2.75, 3.05) is 11.9 Å². The lowest BCUT2D eigenvalue weighted by Crippen LogP contribution is -2.55. The molecule has 1 aliphatic rings. The molecule has 3 aromatic carbocycles. The lowest BCUT2D eigenvalue weighted by Gasteiger charge is -2.46. The van der Waals surface area contributed by atoms with E-state index in [1.54, 1.807) is 0 Å². The first-order valence-corrected chi connectivity index (χ1v) is 9.59. The van der Waals surface area contributed by atoms with Crippen LogP contribution in [0.4, 0.5) is 5.69 Å². The first-order valence-electron chi connectivity index (χ1n) is 9.59. The van der Waals surface area contributed by atoms with E-state index in [-0.39, 0.29) is 5.91 Å². The maximum atomic E-state index is 13.2. The molecule has 3 aromatic rings. The fourth-order valence-corrected chi connectivity index (χ4v) is 3.86. The van der Waals surface area contributed by atoms with Crippen LogP contribution in [0.1, 0.15) is 35.3 Å². The number of para-hydroxylation sites is 2. The van der Waals surface area contributed by atoms with Crippen LogP contribution in [-0.4, -0.2) is 17.4 Å². The summed E-state index contributed by atoms with van der Waals surface area (Å²) in [6, 6.07) is 25.7. The normalized spacial score (nSPS) is 18.4. The van der Waals surface area contributed by atoms with Crippen molar-refractivity contribution in [2.45, 2.75) is 26.1 Å². The van der Waals surface area contributed by atoms with Crippen LogP contribution >= 0.6 is 0 Å². The molecule has 0 bridgehead atoms. The van der Waals surface area contributed by atoms with Gasteiger partial charge in [-0.2, -0.15) is 0 Å². The predicted molar refractivity (Wildman–Crippen MR) is 111 cm³/mol. The molecule has 1 heterocycles. The van der Waals surface area contributed by atoms with Gasteiger partial charge in [0.15, 0.2) is 0 Å². The Hall–Kier alpha value is -3.27. The van der Waals surface area contributed by atoms with E-state index in [2.05, 4.69) is 5.32 Å². The lowest BCUT2D eigenvalue weighted by atomic mass is 9.93. The summed E-state index contributed by atoms with van der Waals surface area (Å²) >= 11 is 0. The molecule has 1 atom stereocenters. The molecule has 142 valence electrons. The molecular weight excluding hydrogens is 348 g/mol. The number of nitrogens with zero attached hydrogens (tertiary/aromatic N) is 1. The van der Waals surface area contributed by atoms with E-state index in [1.807, 2.05) is 97.6 Å². The van der Waals surface area contributed by atoms with Gasteiger partial charge in [0.1, 0.15) is 18.0 Å². The fourth-order valence-electron chi connectivity index (χ4n) is 3.86. The first kappa shape index (κ1) is 18.1. The van der Waals surface area contributed by atoms with Gasteiger partial charge in [0.2, 0.25) is 0 Å². The number of carbonyl (C=O) groups excluding carboxylic acids is 1. The van der Waals surface area contributed by atoms with Gasteiger partial charge in [0.05, 0.1) is 5.56 Å². The van der Waals surface area contributed by atoms with Crippen LogP contribution in [0.3, 0.4) is 0 Å². The van der Waals surface area contributed by atoms with Gasteiger partial charge in [-0.05, 0) is 37.6 Å². The number of anilines is 1. The molecule has 0 fully saturated rings. The van der Waals surface area contributed by atoms with Crippen molar-refractivity contribution < 1.29 is 9.53 Å². The van der Waals surface area contributed by atoms with E-state index >= 15 is 0 Å². The Bertz CT molecular complexity index is 987. The van der Waals surface area contributed by atoms with Gasteiger partial charge in [0.25, 0.3) is 5.91 Å². The highest BCUT2D eigenvalue weighted by atomic mass is 16.5. The molecule has 0 saturated carbocycles. The fraction of sp³-hybridized carbons (Fsp3) is 0.208. The molecule has 0 radical (unpaired) electrons. The standard InChI is InChI=1S/C24H24N2O2/c1-3-26-23(27)19-13-7-9-15-21(19)25-24(26,2)20-14-8-10-16-22(20)28-17-18-11-5-4-6-12-18/h4-16,25H,3,17H2,1-2H3. The van der Waals surface area contributed by atoms with E-state index in [9.17, 15) is 4.79 Å². The van der Waals surface area contributed by atoms with Crippen LogP contribution in [0.5, 0.6) is 5.75 Å². The summed E-state index contributed by atoms with van der Waals surface area (Å²) < 4.78 is 6.18. The number of amides is 1. The van der Waals surface area contributed by atoms with Gasteiger partial charge in [-0.25, -0.2) is 0 Å². The van der Waals surface area contributed by atoms with Crippen molar-refractivity contribution in [1.82, 2.24) is 4.90 Å². The number of rotatable bonds is 5. The number of carbonyl (C=O) groups is 1. The van der Waals surface area contributed by atoms with Crippen LogP contribution in [0, 0.1) is 0 Å². The Morgan fingerprint density at radius 2 is 1.61 bits per heavy atom. The zero-order valence-corrected chi connectivity index (χ0v) is 16.2. The monoisotopic (exact) mass is 372 g/mol. The number of hydrogen-bond donors (Lipinski definition) is 1. The minimum atomic E-state index is -0.701. The molecule has 4 nitrogen and oxygen atoms in total. The molecule has 4 heteroatoms. The van der Waals surface area contributed by atoms with E-state index in [1.165, 1.54) is 0 Å². The van der Waals surface area contributed by atoms with Gasteiger partial charge in [-0.1, -0.05) is 60.7 Å². The zero-order chi connectivity index (χ0) is 19.6. The van der Waals surface area contributed by atoms with Crippen molar-refractivity contribution in [1.29, 1.82) is 0 Å². The Kier molecular flexibility index (Phi) is 4.78. The molecule has 0 aromatic heterocycles. The summed E-state index contributed by atoms with van der Waals surface area (Å²) in [6.07, 6.45) is 0. The van der Waals surface area contributed by atoms with Gasteiger partial charge in [-0.15, -0.1) is 0 Å². The Labute approximate surface area is 165 Å². The van der Waals surface area contributed by atoms with Crippen LogP contribution in [0.2, 0.25) is 0 Å². The van der Waals surface area contributed by atoms with Gasteiger partial charge < -0.3 is 15.0 Å². The van der Waals surface area contributed by atoms with Gasteiger partial charge in [0, 0.05) is 17.8 Å². The third kappa shape index (κ3) is 3.11. The summed E-state index contributed by atoms with van der Waals surface area (Å²) in [5.74, 6) is 0.796. The zero-order valence-electron chi connectivity index (χ0n) is 16.2. The third-order valence-electron chi connectivity index (χ3n) is 5.29. The molecule has 0 saturated heterocycles. The maximum Gasteiger partial charge on any atom is 0.258 e. The number of ether oxygens (including phenoxy) is 1. The summed E-state index contributed by atoms with van der Waals surface area (Å²) in [5.41, 5.74) is 2.89. The largest absolute Gasteiger partial charge is 0.488 e. The van der Waals surface area contributed by atoms with Gasteiger partial charge >= 0.3 is 0 Å². The Balaban J connectivity index is 1.72. The smallest absolute Gasteiger partial charge is 0.258 e. The minimum absolute atomic E-state index is 0.0252. The third-order valence-corrected chi connectivity index (χ3v) is 5.29. The lowest BCUT2D eigenvalue weighted by molar-refractivity contribution is 0.0546. The van der Waals surface area contributed by atoms with E-state index in [0.717, 1.165) is 22.6 Å². The molecular formula is C24H24N2O2. The molecule has 1 N–H and O–H groups in total. The highest BCUT2D eigenvalue weighted by Crippen LogP contribution is 2.41. The van der Waals surface area contributed by atoms with Crippen LogP contribution in [-0.2, 0) is 12.3 Å². The average Bonchev–Trinajstić information content (AvgIpc) is 2.73. The second-order valence-electron chi connectivity index (χ2n) is 7.06. The molecule has 1 unspecified atom stereocenters. The summed E-state index contributed by atoms with van der Waals surface area (Å²) in [4.78, 5) is 15.0. The number of benzene rings is 3. The topological polar surface area (TPSA) is 41.6 Å². The second-order valence-corrected chi connectivity index (χ2v) is 7.06. The second kappa shape index (κ2) is 7.39. The molecule has 0 aliphatic carbocycles. The number of fused-ring (bicyclic) bond motifs is 1. The van der Waals surface area contributed by atoms with Crippen molar-refractivity contribution in [2.24, 2.45) is 0 Å². The quantitative estimate of drug-likeness (QED) is 0.683. The molecule has 0 spiro atoms. The van der Waals surface area contributed by atoms with E-state index in [4.69, 9.17) is 4.74 Å². The molecule has 4 rings (SSSR count). The average molecular weight is 372 g/mol. The molecule has 28 heavy (non-hydrogen) atoms. The highest BCUT2D eigenvalue weighted by molar-refractivity contribution is 6.02. The summed E-state index contributed by atoms with van der Waals surface area (Å²) in [6.45, 7) is 5.10. The van der Waals surface area contributed by atoms with E-state index in [0.29, 0.717) is 18.7 Å². The summed E-state index contributed by atoms with van der Waals surface area (Å²) in [5, 5.41) is 3.58. The summed E-state index contributed by atoms with van der Waals surface area (Å²) in [7, 11) is 0. The van der Waals surface area contributed by atoms with Gasteiger partial charge in [-0.3, -0.25) is 4.79 Å². The van der Waals surface area contributed by atoms with E-state index < -0.39 is 5.66 Å². The number of hydrogen-bond acceptors (Lipinski definition) is 3. The van der Waals surface area contributed by atoms with Crippen LogP contribution in [0.15, 0.2) is 78.9 Å². The van der Waals surface area contributed by atoms with Crippen molar-refractivity contribution in [3.63, 3.8) is 0 Å². The van der Waals surface area contributed by atoms with Crippen molar-refractivity contribution in [3.8, 4) is 5.75 Å². The van der Waals surface area contributed by atoms with Crippen molar-refractivity contribution >= 4 is 11.6 Å². The minimum Gasteiger partial charge on any atom is -0.488 e. The highest BCUT2D eigenvalue weighted by Gasteiger charge is 2.43. The maximum absolute atomic E-state index is 13.2. The predicted octanol–water partition coefficient (Wildman–Crippen LogP) is 5.03.